The number of aldehydes is 1. The van der Waals surface area contributed by atoms with Crippen molar-refractivity contribution in [1.82, 2.24) is 0 Å². The summed E-state index contributed by atoms with van der Waals surface area (Å²) >= 11 is 0. The molecule has 2 aromatic carbocycles. The second kappa shape index (κ2) is 18.3. The molecule has 2 heterocycles. The summed E-state index contributed by atoms with van der Waals surface area (Å²) in [6.45, 7) is 16.4. The molecule has 0 saturated carbocycles. The molecule has 34 heavy (non-hydrogen) atoms. The Morgan fingerprint density at radius 3 is 1.94 bits per heavy atom. The fourth-order valence-electron chi connectivity index (χ4n) is 3.07. The van der Waals surface area contributed by atoms with Crippen LogP contribution in [0.25, 0.3) is 0 Å². The maximum absolute atomic E-state index is 10.2. The lowest BCUT2D eigenvalue weighted by Crippen LogP contribution is -2.06. The Bertz CT molecular complexity index is 898. The summed E-state index contributed by atoms with van der Waals surface area (Å²) in [6.07, 6.45) is 7.07. The van der Waals surface area contributed by atoms with Crippen LogP contribution in [0.5, 0.6) is 0 Å². The van der Waals surface area contributed by atoms with Crippen LogP contribution in [0, 0.1) is 11.8 Å². The number of aliphatic hydroxyl groups excluding tert-OH is 1. The number of para-hydroxylation sites is 2. The highest BCUT2D eigenvalue weighted by Gasteiger charge is 2.15. The summed E-state index contributed by atoms with van der Waals surface area (Å²) in [5, 5.41) is 11.2. The van der Waals surface area contributed by atoms with E-state index in [-0.39, 0.29) is 0 Å². The topological polar surface area (TPSA) is 61.7 Å². The third kappa shape index (κ3) is 11.1. The molecule has 4 nitrogen and oxygen atoms in total. The third-order valence-electron chi connectivity index (χ3n) is 4.73. The van der Waals surface area contributed by atoms with Crippen molar-refractivity contribution >= 4 is 23.4 Å². The summed E-state index contributed by atoms with van der Waals surface area (Å²) in [7, 11) is 0. The average Bonchev–Trinajstić information content (AvgIpc) is 3.47. The van der Waals surface area contributed by atoms with Gasteiger partial charge in [-0.1, -0.05) is 91.8 Å². The molecule has 4 heteroatoms. The lowest BCUT2D eigenvalue weighted by molar-refractivity contribution is -0.104. The lowest BCUT2D eigenvalue weighted by Gasteiger charge is -2.01. The Hall–Kier alpha value is -3.14. The standard InChI is InChI=1S/C11H13N.C10H9NO.C5H10O.2C2H6/c1-8(2)11-7-9-5-3-4-6-10(9)12-11;12-6-5-9-7-8-3-1-2-4-10(8)11-9;1-5(2)3-4-6;2*1-2/h3-6,8H,7H2,1-2H3;1-6,11H,7H2;3-6H,1-2H3;2*1-2H3/b;;4-3-;;. The summed E-state index contributed by atoms with van der Waals surface area (Å²) in [6, 6.07) is 16.4. The molecular weight excluding hydrogens is 420 g/mol. The smallest absolute Gasteiger partial charge is 0.144 e. The number of hydrogen-bond donors (Lipinski definition) is 2. The van der Waals surface area contributed by atoms with E-state index < -0.39 is 0 Å². The molecule has 0 atom stereocenters. The van der Waals surface area contributed by atoms with E-state index in [0.717, 1.165) is 36.8 Å². The number of anilines is 1. The molecule has 0 fully saturated rings. The van der Waals surface area contributed by atoms with E-state index >= 15 is 0 Å². The molecule has 0 unspecified atom stereocenters. The lowest BCUT2D eigenvalue weighted by atomic mass is 10.0. The summed E-state index contributed by atoms with van der Waals surface area (Å²) in [5.74, 6) is 1.05. The zero-order valence-corrected chi connectivity index (χ0v) is 22.3. The highest BCUT2D eigenvalue weighted by Crippen LogP contribution is 2.28. The first kappa shape index (κ1) is 30.9. The van der Waals surface area contributed by atoms with Crippen molar-refractivity contribution in [1.29, 1.82) is 0 Å². The Balaban J connectivity index is 0.000000470. The van der Waals surface area contributed by atoms with Crippen LogP contribution >= 0.6 is 0 Å². The summed E-state index contributed by atoms with van der Waals surface area (Å²) < 4.78 is 0. The molecule has 2 aliphatic heterocycles. The minimum Gasteiger partial charge on any atom is -0.516 e. The van der Waals surface area contributed by atoms with Crippen molar-refractivity contribution in [2.45, 2.75) is 68.2 Å². The number of nitrogens with zero attached hydrogens (tertiary/aromatic N) is 1. The first-order chi connectivity index (χ1) is 16.4. The molecule has 0 amide bonds. The second-order valence-electron chi connectivity index (χ2n) is 7.94. The van der Waals surface area contributed by atoms with Gasteiger partial charge in [0.1, 0.15) is 6.29 Å². The molecule has 0 aromatic heterocycles. The maximum Gasteiger partial charge on any atom is 0.144 e. The van der Waals surface area contributed by atoms with Crippen molar-refractivity contribution < 1.29 is 9.90 Å². The van der Waals surface area contributed by atoms with Crippen LogP contribution in [0.2, 0.25) is 0 Å². The first-order valence-electron chi connectivity index (χ1n) is 12.4. The van der Waals surface area contributed by atoms with E-state index in [0.29, 0.717) is 11.8 Å². The van der Waals surface area contributed by atoms with Gasteiger partial charge in [-0.3, -0.25) is 9.79 Å². The number of hydrogen-bond acceptors (Lipinski definition) is 4. The predicted octanol–water partition coefficient (Wildman–Crippen LogP) is 8.48. The molecule has 2 aromatic rings. The monoisotopic (exact) mass is 464 g/mol. The van der Waals surface area contributed by atoms with Crippen LogP contribution in [-0.4, -0.2) is 17.1 Å². The van der Waals surface area contributed by atoms with Crippen molar-refractivity contribution in [2.24, 2.45) is 16.8 Å². The minimum absolute atomic E-state index is 0.468. The van der Waals surface area contributed by atoms with E-state index in [1.54, 1.807) is 12.2 Å². The largest absolute Gasteiger partial charge is 0.516 e. The molecule has 0 radical (unpaired) electrons. The quantitative estimate of drug-likeness (QED) is 0.272. The number of rotatable bonds is 3. The van der Waals surface area contributed by atoms with Crippen LogP contribution in [0.4, 0.5) is 11.4 Å². The highest BCUT2D eigenvalue weighted by molar-refractivity contribution is 5.95. The minimum atomic E-state index is 0.468. The van der Waals surface area contributed by atoms with Gasteiger partial charge in [-0.2, -0.15) is 0 Å². The van der Waals surface area contributed by atoms with E-state index in [1.807, 2.05) is 65.8 Å². The van der Waals surface area contributed by atoms with Gasteiger partial charge in [-0.15, -0.1) is 0 Å². The van der Waals surface area contributed by atoms with E-state index in [2.05, 4.69) is 48.4 Å². The maximum atomic E-state index is 10.2. The number of carbonyl (C=O) groups is 1. The van der Waals surface area contributed by atoms with Crippen molar-refractivity contribution in [3.05, 3.63) is 83.8 Å². The predicted molar refractivity (Wildman–Crippen MR) is 149 cm³/mol. The Morgan fingerprint density at radius 1 is 0.882 bits per heavy atom. The normalized spacial score (nSPS) is 13.6. The zero-order valence-electron chi connectivity index (χ0n) is 22.3. The number of benzene rings is 2. The molecule has 0 spiro atoms. The molecule has 0 bridgehead atoms. The third-order valence-corrected chi connectivity index (χ3v) is 4.73. The molecular formula is C30H44N2O2. The molecule has 2 N–H and O–H groups in total. The van der Waals surface area contributed by atoms with Gasteiger partial charge < -0.3 is 10.4 Å². The fourth-order valence-corrected chi connectivity index (χ4v) is 3.07. The number of carbonyl (C=O) groups excluding carboxylic acids is 1. The van der Waals surface area contributed by atoms with Crippen molar-refractivity contribution in [3.63, 3.8) is 0 Å². The van der Waals surface area contributed by atoms with Gasteiger partial charge in [0.05, 0.1) is 11.9 Å². The van der Waals surface area contributed by atoms with Gasteiger partial charge in [0.25, 0.3) is 0 Å². The summed E-state index contributed by atoms with van der Waals surface area (Å²) in [4.78, 5) is 14.8. The summed E-state index contributed by atoms with van der Waals surface area (Å²) in [5.41, 5.74) is 7.21. The van der Waals surface area contributed by atoms with Crippen molar-refractivity contribution in [3.8, 4) is 0 Å². The number of fused-ring (bicyclic) bond motifs is 2. The van der Waals surface area contributed by atoms with Crippen LogP contribution in [0.3, 0.4) is 0 Å². The van der Waals surface area contributed by atoms with Crippen molar-refractivity contribution in [2.75, 3.05) is 5.32 Å². The van der Waals surface area contributed by atoms with E-state index in [1.165, 1.54) is 22.5 Å². The Kier molecular flexibility index (Phi) is 16.6. The Labute approximate surface area is 207 Å². The fraction of sp³-hybridized carbons (Fsp3) is 0.400. The highest BCUT2D eigenvalue weighted by atomic mass is 16.2. The van der Waals surface area contributed by atoms with E-state index in [9.17, 15) is 4.79 Å². The van der Waals surface area contributed by atoms with Crippen LogP contribution in [0.15, 0.2) is 77.6 Å². The second-order valence-corrected chi connectivity index (χ2v) is 7.94. The zero-order chi connectivity index (χ0) is 25.9. The number of aliphatic imine (C=N–C) groups is 1. The number of aliphatic hydroxyl groups is 1. The Morgan fingerprint density at radius 2 is 1.47 bits per heavy atom. The van der Waals surface area contributed by atoms with Gasteiger partial charge in [0.15, 0.2) is 0 Å². The van der Waals surface area contributed by atoms with E-state index in [4.69, 9.17) is 5.11 Å². The molecule has 0 aliphatic carbocycles. The number of allylic oxidation sites excluding steroid dienone is 3. The van der Waals surface area contributed by atoms with Gasteiger partial charge in [-0.05, 0) is 47.2 Å². The molecule has 2 aliphatic rings. The van der Waals surface area contributed by atoms with Crippen LogP contribution in [0.1, 0.15) is 66.5 Å². The van der Waals surface area contributed by atoms with Gasteiger partial charge in [0.2, 0.25) is 0 Å². The van der Waals surface area contributed by atoms with Gasteiger partial charge in [-0.25, -0.2) is 0 Å². The van der Waals surface area contributed by atoms with Gasteiger partial charge in [0, 0.05) is 29.9 Å². The SMILES string of the molecule is CC.CC.CC(C)/C=C\O.CC(C)C1=Nc2ccccc2C1.O=CC=C1Cc2ccccc2N1. The molecule has 0 saturated heterocycles. The van der Waals surface area contributed by atoms with Crippen LogP contribution in [-0.2, 0) is 17.6 Å². The average molecular weight is 465 g/mol. The first-order valence-corrected chi connectivity index (χ1v) is 12.4. The molecule has 186 valence electrons. The molecule has 4 rings (SSSR count). The van der Waals surface area contributed by atoms with Gasteiger partial charge >= 0.3 is 0 Å². The van der Waals surface area contributed by atoms with Crippen LogP contribution < -0.4 is 5.32 Å². The number of nitrogens with one attached hydrogen (secondary N) is 1.